The second-order valence-electron chi connectivity index (χ2n) is 2.15. The predicted octanol–water partition coefficient (Wildman–Crippen LogP) is 3.03. The summed E-state index contributed by atoms with van der Waals surface area (Å²) in [5, 5.41) is 1.08. The van der Waals surface area contributed by atoms with Gasteiger partial charge in [0.2, 0.25) is 0 Å². The first-order chi connectivity index (χ1) is 5.38. The molecule has 0 N–H and O–H groups in total. The van der Waals surface area contributed by atoms with Crippen molar-refractivity contribution >= 4 is 33.6 Å². The highest BCUT2D eigenvalue weighted by Crippen LogP contribution is 2.16. The molecule has 0 aliphatic carbocycles. The molecule has 0 radical (unpaired) electrons. The van der Waals surface area contributed by atoms with Crippen LogP contribution in [0.15, 0.2) is 29.8 Å². The van der Waals surface area contributed by atoms with E-state index in [0.717, 1.165) is 5.39 Å². The van der Waals surface area contributed by atoms with Gasteiger partial charge in [0.15, 0.2) is 0 Å². The van der Waals surface area contributed by atoms with E-state index < -0.39 is 0 Å². The Labute approximate surface area is 73.3 Å². The van der Waals surface area contributed by atoms with Crippen molar-refractivity contribution in [3.63, 3.8) is 0 Å². The van der Waals surface area contributed by atoms with Gasteiger partial charge in [0.1, 0.15) is 4.64 Å². The van der Waals surface area contributed by atoms with Crippen LogP contribution in [0.1, 0.15) is 0 Å². The summed E-state index contributed by atoms with van der Waals surface area (Å²) in [6.07, 6.45) is 0. The van der Waals surface area contributed by atoms with Gasteiger partial charge in [0.05, 0.1) is 5.51 Å². The normalized spacial score (nSPS) is 10.2. The minimum absolute atomic E-state index is 0.694. The number of aromatic nitrogens is 1. The molecule has 0 fully saturated rings. The third-order valence-electron chi connectivity index (χ3n) is 1.47. The lowest BCUT2D eigenvalue weighted by atomic mass is 10.3. The first-order valence-electron chi connectivity index (χ1n) is 3.20. The standard InChI is InChI=1S/C8H5NS2/c10-8-6-3-1-2-4-7(6)11-5-9-8/h1-5H. The van der Waals surface area contributed by atoms with Crippen molar-refractivity contribution in [3.05, 3.63) is 34.4 Å². The van der Waals surface area contributed by atoms with Crippen molar-refractivity contribution in [3.8, 4) is 0 Å². The molecule has 2 aromatic rings. The van der Waals surface area contributed by atoms with Gasteiger partial charge in [0.25, 0.3) is 0 Å². The molecule has 2 rings (SSSR count). The van der Waals surface area contributed by atoms with Crippen molar-refractivity contribution in [2.45, 2.75) is 0 Å². The fourth-order valence-electron chi connectivity index (χ4n) is 0.947. The molecule has 0 saturated heterocycles. The SMILES string of the molecule is S=c1ncsc2ccccc12. The van der Waals surface area contributed by atoms with E-state index in [2.05, 4.69) is 11.1 Å². The monoisotopic (exact) mass is 179 g/mol. The highest BCUT2D eigenvalue weighted by atomic mass is 32.1. The Morgan fingerprint density at radius 1 is 1.27 bits per heavy atom. The molecule has 11 heavy (non-hydrogen) atoms. The maximum atomic E-state index is 5.05. The quantitative estimate of drug-likeness (QED) is 0.576. The van der Waals surface area contributed by atoms with Crippen LogP contribution in [0, 0.1) is 4.64 Å². The molecular formula is C8H5NS2. The zero-order valence-electron chi connectivity index (χ0n) is 5.65. The molecule has 0 saturated carbocycles. The average Bonchev–Trinajstić information content (AvgIpc) is 2.06. The topological polar surface area (TPSA) is 12.9 Å². The van der Waals surface area contributed by atoms with E-state index >= 15 is 0 Å². The van der Waals surface area contributed by atoms with Crippen LogP contribution in [0.4, 0.5) is 0 Å². The second kappa shape index (κ2) is 2.68. The zero-order chi connectivity index (χ0) is 7.68. The van der Waals surface area contributed by atoms with E-state index in [4.69, 9.17) is 12.2 Å². The molecule has 0 atom stereocenters. The van der Waals surface area contributed by atoms with Crippen LogP contribution in [0.3, 0.4) is 0 Å². The fourth-order valence-corrected chi connectivity index (χ4v) is 2.03. The van der Waals surface area contributed by atoms with Crippen LogP contribution < -0.4 is 0 Å². The molecule has 0 aliphatic rings. The van der Waals surface area contributed by atoms with Gasteiger partial charge in [0, 0.05) is 10.1 Å². The molecule has 0 spiro atoms. The van der Waals surface area contributed by atoms with Crippen LogP contribution in [0.5, 0.6) is 0 Å². The van der Waals surface area contributed by atoms with Crippen molar-refractivity contribution in [1.29, 1.82) is 0 Å². The highest BCUT2D eigenvalue weighted by Gasteiger charge is 1.91. The van der Waals surface area contributed by atoms with E-state index in [0.29, 0.717) is 4.64 Å². The third-order valence-corrected chi connectivity index (χ3v) is 2.61. The summed E-state index contributed by atoms with van der Waals surface area (Å²) in [5.74, 6) is 0. The Kier molecular flexibility index (Phi) is 1.68. The largest absolute Gasteiger partial charge is 0.234 e. The van der Waals surface area contributed by atoms with Gasteiger partial charge in [-0.1, -0.05) is 30.4 Å². The molecule has 54 valence electrons. The Morgan fingerprint density at radius 2 is 2.09 bits per heavy atom. The number of rotatable bonds is 0. The van der Waals surface area contributed by atoms with Crippen LogP contribution in [-0.4, -0.2) is 4.98 Å². The minimum atomic E-state index is 0.694. The second-order valence-corrected chi connectivity index (χ2v) is 3.43. The Bertz CT molecular complexity index is 428. The number of fused-ring (bicyclic) bond motifs is 1. The predicted molar refractivity (Wildman–Crippen MR) is 50.5 cm³/mol. The minimum Gasteiger partial charge on any atom is -0.234 e. The molecule has 1 aromatic heterocycles. The summed E-state index contributed by atoms with van der Waals surface area (Å²) in [6.45, 7) is 0. The van der Waals surface area contributed by atoms with Gasteiger partial charge < -0.3 is 0 Å². The van der Waals surface area contributed by atoms with E-state index in [-0.39, 0.29) is 0 Å². The van der Waals surface area contributed by atoms with Crippen molar-refractivity contribution in [1.82, 2.24) is 4.98 Å². The maximum Gasteiger partial charge on any atom is 0.135 e. The Hall–Kier alpha value is -0.800. The first-order valence-corrected chi connectivity index (χ1v) is 4.49. The summed E-state index contributed by atoms with van der Waals surface area (Å²) in [6, 6.07) is 8.04. The van der Waals surface area contributed by atoms with Crippen molar-refractivity contribution in [2.75, 3.05) is 0 Å². The lowest BCUT2D eigenvalue weighted by Gasteiger charge is -1.92. The zero-order valence-corrected chi connectivity index (χ0v) is 7.28. The third kappa shape index (κ3) is 1.17. The molecule has 3 heteroatoms. The number of hydrogen-bond acceptors (Lipinski definition) is 3. The van der Waals surface area contributed by atoms with Gasteiger partial charge in [-0.25, -0.2) is 4.98 Å². The first kappa shape index (κ1) is 6.88. The molecule has 0 bridgehead atoms. The molecule has 1 heterocycles. The van der Waals surface area contributed by atoms with Crippen LogP contribution in [0.25, 0.3) is 10.1 Å². The summed E-state index contributed by atoms with van der Waals surface area (Å²) in [5.41, 5.74) is 1.78. The summed E-state index contributed by atoms with van der Waals surface area (Å²) >= 11 is 6.66. The Morgan fingerprint density at radius 3 is 2.91 bits per heavy atom. The van der Waals surface area contributed by atoms with Crippen LogP contribution >= 0.6 is 23.6 Å². The van der Waals surface area contributed by atoms with Crippen molar-refractivity contribution < 1.29 is 0 Å². The summed E-state index contributed by atoms with van der Waals surface area (Å²) in [4.78, 5) is 4.04. The summed E-state index contributed by atoms with van der Waals surface area (Å²) in [7, 11) is 0. The Balaban J connectivity index is 3.03. The summed E-state index contributed by atoms with van der Waals surface area (Å²) < 4.78 is 1.90. The molecule has 0 aliphatic heterocycles. The fraction of sp³-hybridized carbons (Fsp3) is 0. The molecular weight excluding hydrogens is 174 g/mol. The van der Waals surface area contributed by atoms with E-state index in [9.17, 15) is 0 Å². The van der Waals surface area contributed by atoms with Gasteiger partial charge in [-0.05, 0) is 6.07 Å². The maximum absolute atomic E-state index is 5.05. The number of nitrogens with zero attached hydrogens (tertiary/aromatic N) is 1. The molecule has 1 aromatic carbocycles. The van der Waals surface area contributed by atoms with Gasteiger partial charge in [-0.2, -0.15) is 0 Å². The van der Waals surface area contributed by atoms with E-state index in [1.54, 1.807) is 16.8 Å². The van der Waals surface area contributed by atoms with Crippen molar-refractivity contribution in [2.24, 2.45) is 0 Å². The van der Waals surface area contributed by atoms with Gasteiger partial charge >= 0.3 is 0 Å². The van der Waals surface area contributed by atoms with Crippen LogP contribution in [-0.2, 0) is 0 Å². The van der Waals surface area contributed by atoms with Gasteiger partial charge in [-0.3, -0.25) is 0 Å². The molecule has 1 nitrogen and oxygen atoms in total. The lowest BCUT2D eigenvalue weighted by molar-refractivity contribution is 1.38. The number of benzene rings is 1. The molecule has 0 unspecified atom stereocenters. The smallest absolute Gasteiger partial charge is 0.135 e. The molecule has 0 amide bonds. The highest BCUT2D eigenvalue weighted by molar-refractivity contribution is 7.71. The lowest BCUT2D eigenvalue weighted by Crippen LogP contribution is -1.72. The number of hydrogen-bond donors (Lipinski definition) is 0. The van der Waals surface area contributed by atoms with Gasteiger partial charge in [-0.15, -0.1) is 11.3 Å². The van der Waals surface area contributed by atoms with E-state index in [1.165, 1.54) is 4.70 Å². The van der Waals surface area contributed by atoms with E-state index in [1.807, 2.05) is 18.2 Å². The average molecular weight is 179 g/mol. The van der Waals surface area contributed by atoms with Crippen LogP contribution in [0.2, 0.25) is 0 Å².